The molecular weight excluding hydrogens is 360 g/mol. The second-order valence-electron chi connectivity index (χ2n) is 5.89. The molecule has 0 saturated heterocycles. The predicted octanol–water partition coefficient (Wildman–Crippen LogP) is 4.51. The molecule has 3 aromatic rings. The van der Waals surface area contributed by atoms with Crippen LogP contribution in [0.4, 0.5) is 11.4 Å². The highest BCUT2D eigenvalue weighted by Gasteiger charge is 2.08. The van der Waals surface area contributed by atoms with Crippen LogP contribution in [0.5, 0.6) is 0 Å². The van der Waals surface area contributed by atoms with Crippen molar-refractivity contribution in [2.45, 2.75) is 6.42 Å². The Hall–Kier alpha value is -3.36. The van der Waals surface area contributed by atoms with Crippen LogP contribution in [0.25, 0.3) is 0 Å². The van der Waals surface area contributed by atoms with Gasteiger partial charge in [0, 0.05) is 17.3 Å². The van der Waals surface area contributed by atoms with E-state index in [0.29, 0.717) is 16.9 Å². The molecule has 0 aliphatic rings. The average molecular weight is 377 g/mol. The zero-order chi connectivity index (χ0) is 19.1. The van der Waals surface area contributed by atoms with Crippen molar-refractivity contribution < 1.29 is 4.79 Å². The van der Waals surface area contributed by atoms with Crippen molar-refractivity contribution in [1.82, 2.24) is 4.98 Å². The molecule has 0 bridgehead atoms. The van der Waals surface area contributed by atoms with Crippen molar-refractivity contribution in [2.75, 3.05) is 17.2 Å². The van der Waals surface area contributed by atoms with Crippen molar-refractivity contribution in [3.05, 3.63) is 88.7 Å². The van der Waals surface area contributed by atoms with Crippen LogP contribution >= 0.6 is 11.6 Å². The topological polar surface area (TPSA) is 77.8 Å². The van der Waals surface area contributed by atoms with Gasteiger partial charge in [-0.15, -0.1) is 0 Å². The van der Waals surface area contributed by atoms with Gasteiger partial charge in [-0.3, -0.25) is 4.79 Å². The van der Waals surface area contributed by atoms with E-state index >= 15 is 0 Å². The van der Waals surface area contributed by atoms with Crippen molar-refractivity contribution in [3.8, 4) is 6.07 Å². The van der Waals surface area contributed by atoms with Crippen LogP contribution in [0.3, 0.4) is 0 Å². The number of nitrogens with zero attached hydrogens (tertiary/aromatic N) is 2. The fourth-order valence-electron chi connectivity index (χ4n) is 2.54. The van der Waals surface area contributed by atoms with Crippen LogP contribution < -0.4 is 10.6 Å². The first-order valence-electron chi connectivity index (χ1n) is 8.40. The average Bonchev–Trinajstić information content (AvgIpc) is 2.69. The molecule has 3 rings (SSSR count). The largest absolute Gasteiger partial charge is 0.383 e. The first kappa shape index (κ1) is 18.4. The van der Waals surface area contributed by atoms with E-state index in [1.807, 2.05) is 36.4 Å². The van der Waals surface area contributed by atoms with Crippen LogP contribution in [0.15, 0.2) is 66.9 Å². The number of anilines is 2. The fraction of sp³-hybridized carbons (Fsp3) is 0.0952. The Kier molecular flexibility index (Phi) is 6.03. The zero-order valence-electron chi connectivity index (χ0n) is 14.4. The molecule has 0 unspecified atom stereocenters. The quantitative estimate of drug-likeness (QED) is 0.663. The molecule has 1 aromatic heterocycles. The third-order valence-electron chi connectivity index (χ3n) is 3.88. The van der Waals surface area contributed by atoms with Crippen molar-refractivity contribution in [2.24, 2.45) is 0 Å². The number of nitriles is 1. The molecule has 0 saturated carbocycles. The van der Waals surface area contributed by atoms with Gasteiger partial charge in [-0.25, -0.2) is 4.98 Å². The normalized spacial score (nSPS) is 10.1. The molecule has 0 spiro atoms. The lowest BCUT2D eigenvalue weighted by Crippen LogP contribution is -2.14. The summed E-state index contributed by atoms with van der Waals surface area (Å²) in [6.45, 7) is 0.731. The van der Waals surface area contributed by atoms with Crippen molar-refractivity contribution in [1.29, 1.82) is 5.26 Å². The molecular formula is C21H17ClN4O. The smallest absolute Gasteiger partial charge is 0.274 e. The number of rotatable bonds is 6. The molecule has 27 heavy (non-hydrogen) atoms. The molecule has 0 fully saturated rings. The molecule has 0 radical (unpaired) electrons. The third-order valence-corrected chi connectivity index (χ3v) is 4.11. The number of halogens is 1. The van der Waals surface area contributed by atoms with Gasteiger partial charge in [0.2, 0.25) is 0 Å². The number of hydrogen-bond donors (Lipinski definition) is 2. The van der Waals surface area contributed by atoms with E-state index in [1.165, 1.54) is 0 Å². The zero-order valence-corrected chi connectivity index (χ0v) is 15.2. The molecule has 6 heteroatoms. The molecule has 1 amide bonds. The summed E-state index contributed by atoms with van der Waals surface area (Å²) in [4.78, 5) is 16.5. The van der Waals surface area contributed by atoms with E-state index in [1.54, 1.807) is 36.5 Å². The van der Waals surface area contributed by atoms with Gasteiger partial charge in [0.05, 0.1) is 23.5 Å². The Balaban J connectivity index is 1.54. The van der Waals surface area contributed by atoms with Gasteiger partial charge in [-0.2, -0.15) is 5.26 Å². The number of pyridine rings is 1. The Morgan fingerprint density at radius 1 is 1.07 bits per heavy atom. The monoisotopic (exact) mass is 376 g/mol. The lowest BCUT2D eigenvalue weighted by Gasteiger charge is -2.08. The molecule has 2 N–H and O–H groups in total. The summed E-state index contributed by atoms with van der Waals surface area (Å²) in [6, 6.07) is 20.0. The Morgan fingerprint density at radius 3 is 2.67 bits per heavy atom. The summed E-state index contributed by atoms with van der Waals surface area (Å²) in [7, 11) is 0. The Labute approximate surface area is 162 Å². The highest BCUT2D eigenvalue weighted by molar-refractivity contribution is 6.30. The van der Waals surface area contributed by atoms with E-state index in [9.17, 15) is 4.79 Å². The summed E-state index contributed by atoms with van der Waals surface area (Å²) < 4.78 is 0. The second-order valence-corrected chi connectivity index (χ2v) is 6.32. The number of aromatic nitrogens is 1. The summed E-state index contributed by atoms with van der Waals surface area (Å²) in [5.41, 5.74) is 3.33. The molecule has 0 aliphatic heterocycles. The van der Waals surface area contributed by atoms with E-state index in [0.717, 1.165) is 29.2 Å². The van der Waals surface area contributed by atoms with Gasteiger partial charge in [-0.1, -0.05) is 29.8 Å². The Bertz CT molecular complexity index is 980. The number of amides is 1. The number of carbonyl (C=O) groups is 1. The van der Waals surface area contributed by atoms with Crippen LogP contribution in [0.2, 0.25) is 5.02 Å². The molecule has 134 valence electrons. The molecule has 1 heterocycles. The maximum absolute atomic E-state index is 12.3. The standard InChI is InChI=1S/C21H17ClN4O/c22-17-5-1-3-15(11-17)9-10-24-19-7-8-20(25-14-19)21(27)26-18-6-2-4-16(12-18)13-23/h1-8,11-12,14,24H,9-10H2,(H,26,27). The lowest BCUT2D eigenvalue weighted by molar-refractivity contribution is 0.102. The van der Waals surface area contributed by atoms with Gasteiger partial charge >= 0.3 is 0 Å². The summed E-state index contributed by atoms with van der Waals surface area (Å²) in [5.74, 6) is -0.324. The summed E-state index contributed by atoms with van der Waals surface area (Å²) >= 11 is 5.98. The SMILES string of the molecule is N#Cc1cccc(NC(=O)c2ccc(NCCc3cccc(Cl)c3)cn2)c1. The van der Waals surface area contributed by atoms with Crippen LogP contribution in [-0.4, -0.2) is 17.4 Å². The molecule has 2 aromatic carbocycles. The summed E-state index contributed by atoms with van der Waals surface area (Å²) in [5, 5.41) is 15.6. The van der Waals surface area contributed by atoms with E-state index in [4.69, 9.17) is 16.9 Å². The molecule has 5 nitrogen and oxygen atoms in total. The van der Waals surface area contributed by atoms with Gasteiger partial charge < -0.3 is 10.6 Å². The minimum Gasteiger partial charge on any atom is -0.383 e. The van der Waals surface area contributed by atoms with Gasteiger partial charge in [0.1, 0.15) is 5.69 Å². The maximum atomic E-state index is 12.3. The van der Waals surface area contributed by atoms with E-state index < -0.39 is 0 Å². The lowest BCUT2D eigenvalue weighted by atomic mass is 10.1. The van der Waals surface area contributed by atoms with Crippen LogP contribution in [0.1, 0.15) is 21.6 Å². The minimum atomic E-state index is -0.324. The van der Waals surface area contributed by atoms with Crippen LogP contribution in [-0.2, 0) is 6.42 Å². The predicted molar refractivity (Wildman–Crippen MR) is 107 cm³/mol. The first-order chi connectivity index (χ1) is 13.1. The van der Waals surface area contributed by atoms with Crippen molar-refractivity contribution in [3.63, 3.8) is 0 Å². The van der Waals surface area contributed by atoms with E-state index in [2.05, 4.69) is 15.6 Å². The van der Waals surface area contributed by atoms with Gasteiger partial charge in [-0.05, 0) is 54.4 Å². The molecule has 0 atom stereocenters. The fourth-order valence-corrected chi connectivity index (χ4v) is 2.75. The highest BCUT2D eigenvalue weighted by Crippen LogP contribution is 2.14. The number of hydrogen-bond acceptors (Lipinski definition) is 4. The third kappa shape index (κ3) is 5.30. The van der Waals surface area contributed by atoms with E-state index in [-0.39, 0.29) is 5.91 Å². The number of carbonyl (C=O) groups excluding carboxylic acids is 1. The maximum Gasteiger partial charge on any atom is 0.274 e. The first-order valence-corrected chi connectivity index (χ1v) is 8.78. The minimum absolute atomic E-state index is 0.303. The summed E-state index contributed by atoms with van der Waals surface area (Å²) in [6.07, 6.45) is 2.45. The van der Waals surface area contributed by atoms with Gasteiger partial charge in [0.15, 0.2) is 0 Å². The van der Waals surface area contributed by atoms with Gasteiger partial charge in [0.25, 0.3) is 5.91 Å². The highest BCUT2D eigenvalue weighted by atomic mass is 35.5. The Morgan fingerprint density at radius 2 is 1.93 bits per heavy atom. The number of benzene rings is 2. The second kappa shape index (κ2) is 8.84. The molecule has 0 aliphatic carbocycles. The van der Waals surface area contributed by atoms with Crippen molar-refractivity contribution >= 4 is 28.9 Å². The number of nitrogens with one attached hydrogen (secondary N) is 2. The van der Waals surface area contributed by atoms with Crippen LogP contribution in [0, 0.1) is 11.3 Å².